The maximum atomic E-state index is 12.4. The molecule has 0 fully saturated rings. The lowest BCUT2D eigenvalue weighted by molar-refractivity contribution is -0.112. The number of hydrogen-bond acceptors (Lipinski definition) is 3. The van der Waals surface area contributed by atoms with E-state index in [2.05, 4.69) is 11.4 Å². The van der Waals surface area contributed by atoms with E-state index in [4.69, 9.17) is 27.9 Å². The van der Waals surface area contributed by atoms with Crippen LogP contribution < -0.4 is 10.1 Å². The number of nitrogens with zero attached hydrogens (tertiary/aromatic N) is 1. The summed E-state index contributed by atoms with van der Waals surface area (Å²) >= 11 is 12.0. The van der Waals surface area contributed by atoms with Gasteiger partial charge in [-0.2, -0.15) is 5.26 Å². The van der Waals surface area contributed by atoms with Gasteiger partial charge in [-0.15, -0.1) is 0 Å². The highest BCUT2D eigenvalue weighted by Crippen LogP contribution is 2.29. The van der Waals surface area contributed by atoms with E-state index in [1.54, 1.807) is 42.5 Å². The van der Waals surface area contributed by atoms with Crippen molar-refractivity contribution in [2.24, 2.45) is 0 Å². The van der Waals surface area contributed by atoms with E-state index in [0.717, 1.165) is 5.56 Å². The molecule has 3 aromatic rings. The molecule has 0 aliphatic rings. The standard InChI is InChI=1S/C24H18Cl2N2O2/c1-16-4-2-5-18(12-16)15-30-20-10-8-17(9-11-20)13-19(14-27)24(29)28-22-7-3-6-21(25)23(22)26/h2-13H,15H2,1H3,(H,28,29)/b19-13-. The SMILES string of the molecule is Cc1cccc(COc2ccc(/C=C(/C#N)C(=O)Nc3cccc(Cl)c3Cl)cc2)c1. The first-order valence-electron chi connectivity index (χ1n) is 9.12. The van der Waals surface area contributed by atoms with E-state index in [1.165, 1.54) is 11.6 Å². The second kappa shape index (κ2) is 9.98. The molecule has 0 bridgehead atoms. The number of amides is 1. The third-order valence-electron chi connectivity index (χ3n) is 4.24. The number of ether oxygens (including phenoxy) is 1. The van der Waals surface area contributed by atoms with Gasteiger partial charge in [0.05, 0.1) is 15.7 Å². The monoisotopic (exact) mass is 436 g/mol. The second-order valence-corrected chi connectivity index (χ2v) is 7.36. The molecule has 1 N–H and O–H groups in total. The number of halogens is 2. The Morgan fingerprint density at radius 2 is 1.83 bits per heavy atom. The summed E-state index contributed by atoms with van der Waals surface area (Å²) in [5, 5.41) is 12.5. The van der Waals surface area contributed by atoms with Crippen LogP contribution in [0.15, 0.2) is 72.3 Å². The van der Waals surface area contributed by atoms with Gasteiger partial charge in [0.1, 0.15) is 24.0 Å². The number of hydrogen-bond donors (Lipinski definition) is 1. The predicted octanol–water partition coefficient (Wildman–Crippen LogP) is 6.43. The highest BCUT2D eigenvalue weighted by Gasteiger charge is 2.12. The molecule has 150 valence electrons. The van der Waals surface area contributed by atoms with Gasteiger partial charge in [0.25, 0.3) is 5.91 Å². The summed E-state index contributed by atoms with van der Waals surface area (Å²) in [5.74, 6) is 0.128. The minimum atomic E-state index is -0.568. The van der Waals surface area contributed by atoms with Crippen molar-refractivity contribution in [1.82, 2.24) is 0 Å². The largest absolute Gasteiger partial charge is 0.489 e. The minimum Gasteiger partial charge on any atom is -0.489 e. The van der Waals surface area contributed by atoms with Gasteiger partial charge in [0, 0.05) is 0 Å². The lowest BCUT2D eigenvalue weighted by Gasteiger charge is -2.08. The summed E-state index contributed by atoms with van der Waals surface area (Å²) in [7, 11) is 0. The van der Waals surface area contributed by atoms with Crippen LogP contribution in [0.3, 0.4) is 0 Å². The summed E-state index contributed by atoms with van der Waals surface area (Å²) in [4.78, 5) is 12.4. The molecule has 0 heterocycles. The first-order valence-corrected chi connectivity index (χ1v) is 9.87. The molecule has 0 aliphatic carbocycles. The van der Waals surface area contributed by atoms with Gasteiger partial charge in [-0.25, -0.2) is 0 Å². The van der Waals surface area contributed by atoms with Crippen molar-refractivity contribution in [3.63, 3.8) is 0 Å². The van der Waals surface area contributed by atoms with Crippen LogP contribution in [0.1, 0.15) is 16.7 Å². The molecule has 30 heavy (non-hydrogen) atoms. The summed E-state index contributed by atoms with van der Waals surface area (Å²) in [6, 6.07) is 22.1. The molecule has 3 rings (SSSR count). The van der Waals surface area contributed by atoms with E-state index in [0.29, 0.717) is 28.6 Å². The topological polar surface area (TPSA) is 62.1 Å². The van der Waals surface area contributed by atoms with Crippen molar-refractivity contribution in [2.45, 2.75) is 13.5 Å². The van der Waals surface area contributed by atoms with Crippen molar-refractivity contribution in [1.29, 1.82) is 5.26 Å². The summed E-state index contributed by atoms with van der Waals surface area (Å²) in [5.41, 5.74) is 3.25. The number of nitrogens with one attached hydrogen (secondary N) is 1. The number of nitriles is 1. The number of anilines is 1. The molecule has 0 saturated heterocycles. The molecule has 0 aliphatic heterocycles. The van der Waals surface area contributed by atoms with Crippen LogP contribution in [0.4, 0.5) is 5.69 Å². The molecule has 3 aromatic carbocycles. The molecule has 0 atom stereocenters. The summed E-state index contributed by atoms with van der Waals surface area (Å²) in [6.45, 7) is 2.50. The van der Waals surface area contributed by atoms with Gasteiger partial charge in [-0.05, 0) is 48.4 Å². The van der Waals surface area contributed by atoms with Gasteiger partial charge in [0.15, 0.2) is 0 Å². The van der Waals surface area contributed by atoms with Crippen LogP contribution >= 0.6 is 23.2 Å². The van der Waals surface area contributed by atoms with Crippen LogP contribution in [0.2, 0.25) is 10.0 Å². The maximum Gasteiger partial charge on any atom is 0.266 e. The Hall–Kier alpha value is -3.26. The van der Waals surface area contributed by atoms with Crippen LogP contribution in [0.25, 0.3) is 6.08 Å². The minimum absolute atomic E-state index is 0.0560. The number of carbonyl (C=O) groups is 1. The average molecular weight is 437 g/mol. The van der Waals surface area contributed by atoms with E-state index >= 15 is 0 Å². The Morgan fingerprint density at radius 1 is 1.10 bits per heavy atom. The fraction of sp³-hybridized carbons (Fsp3) is 0.0833. The van der Waals surface area contributed by atoms with Crippen LogP contribution in [-0.2, 0) is 11.4 Å². The Bertz CT molecular complexity index is 1130. The second-order valence-electron chi connectivity index (χ2n) is 6.57. The van der Waals surface area contributed by atoms with Gasteiger partial charge >= 0.3 is 0 Å². The molecule has 6 heteroatoms. The molecule has 0 unspecified atom stereocenters. The normalized spacial score (nSPS) is 10.9. The maximum absolute atomic E-state index is 12.4. The average Bonchev–Trinajstić information content (AvgIpc) is 2.74. The number of rotatable bonds is 6. The zero-order valence-electron chi connectivity index (χ0n) is 16.2. The van der Waals surface area contributed by atoms with Crippen LogP contribution in [0.5, 0.6) is 5.75 Å². The summed E-state index contributed by atoms with van der Waals surface area (Å²) in [6.07, 6.45) is 1.50. The summed E-state index contributed by atoms with van der Waals surface area (Å²) < 4.78 is 5.79. The van der Waals surface area contributed by atoms with Gasteiger partial charge in [-0.3, -0.25) is 4.79 Å². The van der Waals surface area contributed by atoms with Crippen molar-refractivity contribution in [3.05, 3.63) is 99.0 Å². The van der Waals surface area contributed by atoms with Crippen molar-refractivity contribution < 1.29 is 9.53 Å². The fourth-order valence-corrected chi connectivity index (χ4v) is 3.08. The molecule has 0 aromatic heterocycles. The lowest BCUT2D eigenvalue weighted by Crippen LogP contribution is -2.13. The quantitative estimate of drug-likeness (QED) is 0.357. The fourth-order valence-electron chi connectivity index (χ4n) is 2.73. The zero-order valence-corrected chi connectivity index (χ0v) is 17.7. The first-order chi connectivity index (χ1) is 14.5. The zero-order chi connectivity index (χ0) is 21.5. The third-order valence-corrected chi connectivity index (χ3v) is 5.06. The van der Waals surface area contributed by atoms with Gasteiger partial charge in [-0.1, -0.05) is 71.2 Å². The highest BCUT2D eigenvalue weighted by molar-refractivity contribution is 6.44. The van der Waals surface area contributed by atoms with Crippen molar-refractivity contribution >= 4 is 40.9 Å². The predicted molar refractivity (Wildman–Crippen MR) is 121 cm³/mol. The van der Waals surface area contributed by atoms with Crippen LogP contribution in [0, 0.1) is 18.3 Å². The van der Waals surface area contributed by atoms with Crippen LogP contribution in [-0.4, -0.2) is 5.91 Å². The number of aryl methyl sites for hydroxylation is 1. The highest BCUT2D eigenvalue weighted by atomic mass is 35.5. The van der Waals surface area contributed by atoms with E-state index < -0.39 is 5.91 Å². The molecule has 0 saturated carbocycles. The molecule has 0 spiro atoms. The lowest BCUT2D eigenvalue weighted by atomic mass is 10.1. The van der Waals surface area contributed by atoms with E-state index in [-0.39, 0.29) is 10.6 Å². The van der Waals surface area contributed by atoms with E-state index in [9.17, 15) is 10.1 Å². The van der Waals surface area contributed by atoms with Gasteiger partial charge < -0.3 is 10.1 Å². The Labute approximate surface area is 185 Å². The molecule has 1 amide bonds. The molecule has 0 radical (unpaired) electrons. The molecule has 4 nitrogen and oxygen atoms in total. The Kier molecular flexibility index (Phi) is 7.13. The third kappa shape index (κ3) is 5.64. The number of benzene rings is 3. The molecular formula is C24H18Cl2N2O2. The number of carbonyl (C=O) groups excluding carboxylic acids is 1. The van der Waals surface area contributed by atoms with Crippen molar-refractivity contribution in [2.75, 3.05) is 5.32 Å². The van der Waals surface area contributed by atoms with E-state index in [1.807, 2.05) is 31.2 Å². The van der Waals surface area contributed by atoms with Gasteiger partial charge in [0.2, 0.25) is 0 Å². The van der Waals surface area contributed by atoms with Crippen molar-refractivity contribution in [3.8, 4) is 11.8 Å². The smallest absolute Gasteiger partial charge is 0.266 e. The Morgan fingerprint density at radius 3 is 2.53 bits per heavy atom. The Balaban J connectivity index is 1.67. The first kappa shape index (κ1) is 21.4. The molecular weight excluding hydrogens is 419 g/mol.